The van der Waals surface area contributed by atoms with Gasteiger partial charge in [0.05, 0.1) is 0 Å². The molecule has 2 rings (SSSR count). The average Bonchev–Trinajstić information content (AvgIpc) is 2.38. The number of aromatic nitrogens is 1. The van der Waals surface area contributed by atoms with Gasteiger partial charge < -0.3 is 5.73 Å². The third kappa shape index (κ3) is 2.59. The molecule has 0 saturated heterocycles. The minimum Gasteiger partial charge on any atom is -0.323 e. The van der Waals surface area contributed by atoms with Gasteiger partial charge in [-0.3, -0.25) is 4.98 Å². The predicted molar refractivity (Wildman–Crippen MR) is 75.5 cm³/mol. The number of aryl methyl sites for hydroxylation is 2. The number of nitrogens with zero attached hydrogens (tertiary/aromatic N) is 1. The van der Waals surface area contributed by atoms with Crippen molar-refractivity contribution in [3.8, 4) is 0 Å². The summed E-state index contributed by atoms with van der Waals surface area (Å²) in [5.41, 5.74) is 11.4. The lowest BCUT2D eigenvalue weighted by molar-refractivity contribution is 0.594. The van der Waals surface area contributed by atoms with E-state index in [9.17, 15) is 0 Å². The monoisotopic (exact) mass is 240 g/mol. The van der Waals surface area contributed by atoms with E-state index in [0.29, 0.717) is 0 Å². The molecule has 2 heteroatoms. The molecule has 0 saturated carbocycles. The Morgan fingerprint density at radius 2 is 1.72 bits per heavy atom. The van der Waals surface area contributed by atoms with E-state index >= 15 is 0 Å². The normalized spacial score (nSPS) is 14.2. The van der Waals surface area contributed by atoms with Gasteiger partial charge in [-0.2, -0.15) is 0 Å². The third-order valence-corrected chi connectivity index (χ3v) is 3.55. The van der Waals surface area contributed by atoms with Crippen molar-refractivity contribution >= 4 is 0 Å². The van der Waals surface area contributed by atoms with E-state index in [2.05, 4.69) is 44.0 Å². The predicted octanol–water partition coefficient (Wildman–Crippen LogP) is 3.50. The molecule has 0 bridgehead atoms. The topological polar surface area (TPSA) is 38.9 Å². The zero-order chi connectivity index (χ0) is 13.1. The summed E-state index contributed by atoms with van der Waals surface area (Å²) in [6.45, 7) is 6.40. The zero-order valence-electron chi connectivity index (χ0n) is 11.2. The van der Waals surface area contributed by atoms with Crippen LogP contribution in [0.25, 0.3) is 0 Å². The lowest BCUT2D eigenvalue weighted by Gasteiger charge is -2.22. The second-order valence-corrected chi connectivity index (χ2v) is 4.96. The van der Waals surface area contributed by atoms with Crippen molar-refractivity contribution in [1.29, 1.82) is 0 Å². The fraction of sp³-hybridized carbons (Fsp3) is 0.312. The number of benzene rings is 1. The highest BCUT2D eigenvalue weighted by Crippen LogP contribution is 2.30. The molecule has 0 radical (unpaired) electrons. The maximum atomic E-state index is 6.40. The molecule has 0 fully saturated rings. The smallest absolute Gasteiger partial charge is 0.0364 e. The zero-order valence-corrected chi connectivity index (χ0v) is 11.2. The van der Waals surface area contributed by atoms with E-state index in [4.69, 9.17) is 5.73 Å². The Labute approximate surface area is 109 Å². The van der Waals surface area contributed by atoms with E-state index in [1.165, 1.54) is 22.3 Å². The van der Waals surface area contributed by atoms with Crippen LogP contribution in [0.2, 0.25) is 0 Å². The van der Waals surface area contributed by atoms with Crippen LogP contribution in [0.3, 0.4) is 0 Å². The molecule has 2 aromatic rings. The second kappa shape index (κ2) is 5.32. The number of rotatable bonds is 3. The lowest BCUT2D eigenvalue weighted by atomic mass is 9.87. The summed E-state index contributed by atoms with van der Waals surface area (Å²) in [4.78, 5) is 4.05. The van der Waals surface area contributed by atoms with Crippen LogP contribution in [0, 0.1) is 13.8 Å². The van der Waals surface area contributed by atoms with E-state index in [1.54, 1.807) is 0 Å². The van der Waals surface area contributed by atoms with Crippen molar-refractivity contribution in [3.05, 3.63) is 65.0 Å². The Balaban J connectivity index is 2.28. The highest BCUT2D eigenvalue weighted by atomic mass is 14.7. The van der Waals surface area contributed by atoms with Crippen molar-refractivity contribution in [2.45, 2.75) is 32.7 Å². The van der Waals surface area contributed by atoms with E-state index < -0.39 is 0 Å². The fourth-order valence-corrected chi connectivity index (χ4v) is 2.34. The molecule has 0 aliphatic heterocycles. The van der Waals surface area contributed by atoms with Crippen LogP contribution >= 0.6 is 0 Å². The maximum Gasteiger partial charge on any atom is 0.0364 e. The largest absolute Gasteiger partial charge is 0.323 e. The van der Waals surface area contributed by atoms with Gasteiger partial charge >= 0.3 is 0 Å². The minimum absolute atomic E-state index is 0.0213. The Hall–Kier alpha value is -1.67. The summed E-state index contributed by atoms with van der Waals surface area (Å²) in [7, 11) is 0. The average molecular weight is 240 g/mol. The van der Waals surface area contributed by atoms with Crippen LogP contribution in [-0.2, 0) is 0 Å². The fourth-order valence-electron chi connectivity index (χ4n) is 2.34. The Bertz CT molecular complexity index is 520. The minimum atomic E-state index is 0.0213. The molecule has 1 heterocycles. The summed E-state index contributed by atoms with van der Waals surface area (Å²) >= 11 is 0. The number of pyridine rings is 1. The van der Waals surface area contributed by atoms with Crippen molar-refractivity contribution < 1.29 is 0 Å². The van der Waals surface area contributed by atoms with Gasteiger partial charge in [0.2, 0.25) is 0 Å². The van der Waals surface area contributed by atoms with E-state index in [0.717, 1.165) is 0 Å². The van der Waals surface area contributed by atoms with Crippen LogP contribution in [0.4, 0.5) is 0 Å². The molecule has 0 spiro atoms. The number of hydrogen-bond acceptors (Lipinski definition) is 2. The summed E-state index contributed by atoms with van der Waals surface area (Å²) in [6, 6.07) is 10.6. The molecular weight excluding hydrogens is 220 g/mol. The van der Waals surface area contributed by atoms with Crippen molar-refractivity contribution in [2.75, 3.05) is 0 Å². The van der Waals surface area contributed by atoms with Gasteiger partial charge in [0.1, 0.15) is 0 Å². The van der Waals surface area contributed by atoms with Gasteiger partial charge in [-0.1, -0.05) is 30.7 Å². The molecule has 2 atom stereocenters. The van der Waals surface area contributed by atoms with Crippen molar-refractivity contribution in [1.82, 2.24) is 4.98 Å². The van der Waals surface area contributed by atoms with Gasteiger partial charge in [0, 0.05) is 24.4 Å². The Morgan fingerprint density at radius 3 is 2.33 bits per heavy atom. The maximum absolute atomic E-state index is 6.40. The molecule has 1 aromatic carbocycles. The molecule has 2 N–H and O–H groups in total. The third-order valence-electron chi connectivity index (χ3n) is 3.55. The second-order valence-electron chi connectivity index (χ2n) is 4.96. The SMILES string of the molecule is Cc1ccc(C(N)C(C)c2ccncc2)c(C)c1. The van der Waals surface area contributed by atoms with E-state index in [-0.39, 0.29) is 12.0 Å². The van der Waals surface area contributed by atoms with E-state index in [1.807, 2.05) is 24.5 Å². The van der Waals surface area contributed by atoms with Crippen LogP contribution in [-0.4, -0.2) is 4.98 Å². The highest BCUT2D eigenvalue weighted by molar-refractivity contribution is 5.35. The number of nitrogens with two attached hydrogens (primary N) is 1. The van der Waals surface area contributed by atoms with Gasteiger partial charge in [0.25, 0.3) is 0 Å². The first-order valence-corrected chi connectivity index (χ1v) is 6.32. The molecule has 0 amide bonds. The molecule has 0 aliphatic rings. The number of hydrogen-bond donors (Lipinski definition) is 1. The molecule has 18 heavy (non-hydrogen) atoms. The molecule has 1 aromatic heterocycles. The first-order valence-electron chi connectivity index (χ1n) is 6.32. The first-order chi connectivity index (χ1) is 8.59. The molecular formula is C16H20N2. The summed E-state index contributed by atoms with van der Waals surface area (Å²) in [6.07, 6.45) is 3.64. The molecule has 94 valence electrons. The Morgan fingerprint density at radius 1 is 1.06 bits per heavy atom. The highest BCUT2D eigenvalue weighted by Gasteiger charge is 2.18. The quantitative estimate of drug-likeness (QED) is 0.891. The van der Waals surface area contributed by atoms with Gasteiger partial charge in [-0.25, -0.2) is 0 Å². The van der Waals surface area contributed by atoms with Gasteiger partial charge in [0.15, 0.2) is 0 Å². The Kier molecular flexibility index (Phi) is 3.78. The summed E-state index contributed by atoms with van der Waals surface area (Å²) in [5.74, 6) is 0.286. The van der Waals surface area contributed by atoms with Crippen LogP contribution < -0.4 is 5.73 Å². The molecule has 2 unspecified atom stereocenters. The van der Waals surface area contributed by atoms with Crippen molar-refractivity contribution in [2.24, 2.45) is 5.73 Å². The molecule has 0 aliphatic carbocycles. The summed E-state index contributed by atoms with van der Waals surface area (Å²) < 4.78 is 0. The first kappa shape index (κ1) is 12.8. The van der Waals surface area contributed by atoms with Gasteiger partial charge in [-0.15, -0.1) is 0 Å². The van der Waals surface area contributed by atoms with Crippen LogP contribution in [0.5, 0.6) is 0 Å². The molecule has 2 nitrogen and oxygen atoms in total. The van der Waals surface area contributed by atoms with Crippen LogP contribution in [0.1, 0.15) is 41.1 Å². The standard InChI is InChI=1S/C16H20N2/c1-11-4-5-15(12(2)10-11)16(17)13(3)14-6-8-18-9-7-14/h4-10,13,16H,17H2,1-3H3. The van der Waals surface area contributed by atoms with Gasteiger partial charge in [-0.05, 0) is 42.7 Å². The van der Waals surface area contributed by atoms with Crippen molar-refractivity contribution in [3.63, 3.8) is 0 Å². The van der Waals surface area contributed by atoms with Crippen LogP contribution in [0.15, 0.2) is 42.7 Å². The summed E-state index contributed by atoms with van der Waals surface area (Å²) in [5, 5.41) is 0. The lowest BCUT2D eigenvalue weighted by Crippen LogP contribution is -2.18.